The minimum absolute atomic E-state index is 0.130. The van der Waals surface area contributed by atoms with E-state index in [1.54, 1.807) is 0 Å². The van der Waals surface area contributed by atoms with Crippen LogP contribution < -0.4 is 0 Å². The summed E-state index contributed by atoms with van der Waals surface area (Å²) in [4.78, 5) is 14.2. The highest BCUT2D eigenvalue weighted by Gasteiger charge is 2.67. The molecule has 0 saturated heterocycles. The monoisotopic (exact) mass is 498 g/mol. The summed E-state index contributed by atoms with van der Waals surface area (Å²) < 4.78 is 0. The Hall–Kier alpha value is -0.670. The number of carbonyl (C=O) groups excluding carboxylic acids is 1. The third kappa shape index (κ3) is 3.46. The molecule has 204 valence electrons. The first-order chi connectivity index (χ1) is 16.5. The second kappa shape index (κ2) is 8.17. The molecule has 2 N–H and O–H groups in total. The first-order valence-electron chi connectivity index (χ1n) is 15.2. The number of hydrogen-bond donors (Lipinski definition) is 2. The highest BCUT2D eigenvalue weighted by molar-refractivity contribution is 5.86. The van der Waals surface area contributed by atoms with Gasteiger partial charge < -0.3 is 10.2 Å². The van der Waals surface area contributed by atoms with Gasteiger partial charge in [0.1, 0.15) is 5.78 Å². The van der Waals surface area contributed by atoms with Gasteiger partial charge in [-0.15, -0.1) is 0 Å². The quantitative estimate of drug-likeness (QED) is 0.386. The third-order valence-electron chi connectivity index (χ3n) is 14.0. The van der Waals surface area contributed by atoms with Gasteiger partial charge in [-0.3, -0.25) is 4.79 Å². The number of Topliss-reactive ketones (excluding diaryl/α,β-unsaturated/α-hetero) is 1. The number of rotatable bonds is 5. The molecule has 5 rings (SSSR count). The molecule has 0 aliphatic heterocycles. The summed E-state index contributed by atoms with van der Waals surface area (Å²) in [7, 11) is 0. The Morgan fingerprint density at radius 3 is 2.28 bits per heavy atom. The second-order valence-electron chi connectivity index (χ2n) is 15.9. The van der Waals surface area contributed by atoms with Crippen LogP contribution in [-0.4, -0.2) is 27.7 Å². The predicted octanol–water partition coefficient (Wildman–Crippen LogP) is 7.49. The highest BCUT2D eigenvalue weighted by atomic mass is 16.3. The summed E-state index contributed by atoms with van der Waals surface area (Å²) in [6.45, 7) is 18.3. The minimum atomic E-state index is -0.579. The van der Waals surface area contributed by atoms with E-state index in [0.29, 0.717) is 30.0 Å². The number of allylic oxidation sites excluding steroid dienone is 1. The van der Waals surface area contributed by atoms with Crippen molar-refractivity contribution in [3.63, 3.8) is 0 Å². The molecule has 0 bridgehead atoms. The van der Waals surface area contributed by atoms with E-state index >= 15 is 0 Å². The van der Waals surface area contributed by atoms with Crippen LogP contribution in [0.4, 0.5) is 0 Å². The van der Waals surface area contributed by atoms with Crippen molar-refractivity contribution in [3.05, 3.63) is 11.6 Å². The number of ketones is 1. The first-order valence-corrected chi connectivity index (χ1v) is 15.2. The van der Waals surface area contributed by atoms with Crippen LogP contribution in [0.1, 0.15) is 126 Å². The molecule has 0 aromatic carbocycles. The van der Waals surface area contributed by atoms with Crippen molar-refractivity contribution < 1.29 is 15.0 Å². The molecule has 0 radical (unpaired) electrons. The number of hydrogen-bond acceptors (Lipinski definition) is 3. The molecule has 5 aliphatic carbocycles. The number of carbonyl (C=O) groups is 1. The molecule has 4 fully saturated rings. The summed E-state index contributed by atoms with van der Waals surface area (Å²) in [5.41, 5.74) is 0.693. The molecule has 0 amide bonds. The maximum absolute atomic E-state index is 14.2. The van der Waals surface area contributed by atoms with Gasteiger partial charge in [0.2, 0.25) is 0 Å². The van der Waals surface area contributed by atoms with Crippen molar-refractivity contribution in [3.8, 4) is 0 Å². The van der Waals surface area contributed by atoms with Gasteiger partial charge in [0.05, 0.1) is 11.7 Å². The lowest BCUT2D eigenvalue weighted by atomic mass is 9.44. The maximum Gasteiger partial charge on any atom is 0.139 e. The molecule has 3 heteroatoms. The summed E-state index contributed by atoms with van der Waals surface area (Å²) in [6.07, 6.45) is 13.8. The van der Waals surface area contributed by atoms with Gasteiger partial charge in [-0.05, 0) is 118 Å². The molecule has 0 aromatic heterocycles. The average Bonchev–Trinajstić information content (AvgIpc) is 3.55. The van der Waals surface area contributed by atoms with E-state index < -0.39 is 5.60 Å². The molecule has 5 aliphatic rings. The first kappa shape index (κ1) is 26.9. The largest absolute Gasteiger partial charge is 0.392 e. The van der Waals surface area contributed by atoms with Gasteiger partial charge in [-0.25, -0.2) is 0 Å². The molecule has 0 heterocycles. The van der Waals surface area contributed by atoms with Gasteiger partial charge in [-0.1, -0.05) is 53.2 Å². The van der Waals surface area contributed by atoms with Crippen LogP contribution in [0.5, 0.6) is 0 Å². The van der Waals surface area contributed by atoms with Crippen LogP contribution >= 0.6 is 0 Å². The van der Waals surface area contributed by atoms with Crippen molar-refractivity contribution in [2.24, 2.45) is 50.7 Å². The molecule has 36 heavy (non-hydrogen) atoms. The summed E-state index contributed by atoms with van der Waals surface area (Å²) in [5.74, 6) is 2.42. The molecule has 2 unspecified atom stereocenters. The molecular weight excluding hydrogens is 444 g/mol. The molecule has 8 atom stereocenters. The smallest absolute Gasteiger partial charge is 0.139 e. The lowest BCUT2D eigenvalue weighted by molar-refractivity contribution is -0.142. The standard InChI is InChI=1S/C33H54O3/c1-21(13-18-33(19-20-33)29(4,5)36)22-14-16-31(7)25-11-9-23-24(10-12-26(34)28(23,2)3)32(25,8)27(35)15-17-30(22,31)6/h9,21-22,24-26,34,36H,10-20H2,1-8H3/t21-,22-,24-,25?,26+,30-,31+,32?/m1/s1. The van der Waals surface area contributed by atoms with Crippen LogP contribution in [-0.2, 0) is 4.79 Å². The Morgan fingerprint density at radius 1 is 1.00 bits per heavy atom. The molecule has 3 nitrogen and oxygen atoms in total. The molecular formula is C33H54O3. The van der Waals surface area contributed by atoms with Gasteiger partial charge in [0, 0.05) is 17.3 Å². The van der Waals surface area contributed by atoms with Crippen molar-refractivity contribution in [2.75, 3.05) is 0 Å². The van der Waals surface area contributed by atoms with E-state index in [1.807, 2.05) is 13.8 Å². The zero-order valence-electron chi connectivity index (χ0n) is 24.5. The summed E-state index contributed by atoms with van der Waals surface area (Å²) in [5, 5.41) is 21.6. The van der Waals surface area contributed by atoms with Crippen LogP contribution in [0.3, 0.4) is 0 Å². The van der Waals surface area contributed by atoms with Crippen molar-refractivity contribution in [1.82, 2.24) is 0 Å². The lowest BCUT2D eigenvalue weighted by Crippen LogP contribution is -2.56. The normalized spacial score (nSPS) is 46.2. The van der Waals surface area contributed by atoms with Crippen LogP contribution in [0.25, 0.3) is 0 Å². The van der Waals surface area contributed by atoms with Crippen LogP contribution in [0.15, 0.2) is 11.6 Å². The molecule has 0 aromatic rings. The van der Waals surface area contributed by atoms with E-state index in [1.165, 1.54) is 37.7 Å². The topological polar surface area (TPSA) is 57.5 Å². The van der Waals surface area contributed by atoms with E-state index in [0.717, 1.165) is 32.1 Å². The fourth-order valence-electron chi connectivity index (χ4n) is 10.7. The van der Waals surface area contributed by atoms with Crippen LogP contribution in [0.2, 0.25) is 0 Å². The Morgan fingerprint density at radius 2 is 1.67 bits per heavy atom. The van der Waals surface area contributed by atoms with Gasteiger partial charge in [-0.2, -0.15) is 0 Å². The maximum atomic E-state index is 14.2. The van der Waals surface area contributed by atoms with Crippen molar-refractivity contribution in [1.29, 1.82) is 0 Å². The second-order valence-corrected chi connectivity index (χ2v) is 15.9. The Kier molecular flexibility index (Phi) is 6.11. The number of fused-ring (bicyclic) bond motifs is 5. The molecule has 0 spiro atoms. The Labute approximate surface area is 220 Å². The zero-order chi connectivity index (χ0) is 26.5. The highest BCUT2D eigenvalue weighted by Crippen LogP contribution is 2.72. The van der Waals surface area contributed by atoms with E-state index in [9.17, 15) is 15.0 Å². The molecule has 4 saturated carbocycles. The van der Waals surface area contributed by atoms with Crippen molar-refractivity contribution in [2.45, 2.75) is 138 Å². The Bertz CT molecular complexity index is 935. The zero-order valence-corrected chi connectivity index (χ0v) is 24.5. The number of aliphatic hydroxyl groups excluding tert-OH is 1. The van der Waals surface area contributed by atoms with Gasteiger partial charge in [0.25, 0.3) is 0 Å². The van der Waals surface area contributed by atoms with Gasteiger partial charge in [0.15, 0.2) is 0 Å². The summed E-state index contributed by atoms with van der Waals surface area (Å²) >= 11 is 0. The predicted molar refractivity (Wildman–Crippen MR) is 146 cm³/mol. The average molecular weight is 499 g/mol. The minimum Gasteiger partial charge on any atom is -0.392 e. The summed E-state index contributed by atoms with van der Waals surface area (Å²) in [6, 6.07) is 0. The van der Waals surface area contributed by atoms with E-state index in [4.69, 9.17) is 0 Å². The van der Waals surface area contributed by atoms with E-state index in [-0.39, 0.29) is 39.1 Å². The third-order valence-corrected chi connectivity index (χ3v) is 14.0. The van der Waals surface area contributed by atoms with Gasteiger partial charge >= 0.3 is 0 Å². The lowest BCUT2D eigenvalue weighted by Gasteiger charge is -2.59. The van der Waals surface area contributed by atoms with Crippen molar-refractivity contribution >= 4 is 5.78 Å². The van der Waals surface area contributed by atoms with Crippen LogP contribution in [0, 0.1) is 50.7 Å². The number of aliphatic hydroxyl groups is 2. The SMILES string of the molecule is C[C@H](CCC1(C(C)(C)O)CC1)[C@H]1CC[C@@]2(C)C3CC=C4[C@@H](CC[C@H](O)C4(C)C)C3(C)C(=O)CC[C@]12C. The fraction of sp³-hybridized carbons (Fsp3) is 0.909. The van der Waals surface area contributed by atoms with E-state index in [2.05, 4.69) is 47.6 Å². The Balaban J connectivity index is 1.45. The fourth-order valence-corrected chi connectivity index (χ4v) is 10.7.